The molecule has 1 aromatic carbocycles. The number of Topliss-reactive ketones (excluding diaryl/α,β-unsaturated/α-hetero) is 1. The molecule has 1 aromatic rings. The van der Waals surface area contributed by atoms with Crippen molar-refractivity contribution >= 4 is 27.6 Å². The van der Waals surface area contributed by atoms with Gasteiger partial charge in [-0.1, -0.05) is 40.5 Å². The monoisotopic (exact) mass is 324 g/mol. The summed E-state index contributed by atoms with van der Waals surface area (Å²) in [5, 5.41) is 0. The number of carbonyl (C=O) groups excluding carboxylic acids is 2. The van der Waals surface area contributed by atoms with Crippen molar-refractivity contribution in [2.24, 2.45) is 5.73 Å². The van der Waals surface area contributed by atoms with Crippen LogP contribution in [0.1, 0.15) is 29.6 Å². The number of carbonyl (C=O) groups is 2. The summed E-state index contributed by atoms with van der Waals surface area (Å²) >= 11 is 3.37. The van der Waals surface area contributed by atoms with Crippen molar-refractivity contribution in [3.05, 3.63) is 34.3 Å². The highest BCUT2D eigenvalue weighted by Gasteiger charge is 2.28. The number of primary amides is 1. The van der Waals surface area contributed by atoms with Gasteiger partial charge in [-0.2, -0.15) is 0 Å². The van der Waals surface area contributed by atoms with E-state index in [2.05, 4.69) is 15.9 Å². The molecule has 2 rings (SSSR count). The van der Waals surface area contributed by atoms with E-state index in [4.69, 9.17) is 5.73 Å². The largest absolute Gasteiger partial charge is 0.368 e. The highest BCUT2D eigenvalue weighted by molar-refractivity contribution is 9.10. The number of nitrogens with two attached hydrogens (primary N) is 1. The fourth-order valence-corrected chi connectivity index (χ4v) is 2.97. The Morgan fingerprint density at radius 1 is 1.32 bits per heavy atom. The number of piperidine rings is 1. The Labute approximate surface area is 121 Å². The molecule has 0 spiro atoms. The van der Waals surface area contributed by atoms with Crippen molar-refractivity contribution in [3.8, 4) is 0 Å². The molecule has 1 heterocycles. The minimum absolute atomic E-state index is 0.0145. The molecule has 1 atom stereocenters. The first kappa shape index (κ1) is 14.2. The Hall–Kier alpha value is -1.20. The fourth-order valence-electron chi connectivity index (χ4n) is 2.46. The zero-order valence-corrected chi connectivity index (χ0v) is 12.2. The van der Waals surface area contributed by atoms with Gasteiger partial charge in [0, 0.05) is 10.0 Å². The lowest BCUT2D eigenvalue weighted by atomic mass is 10.0. The summed E-state index contributed by atoms with van der Waals surface area (Å²) in [6.45, 7) is 1.00. The molecule has 1 amide bonds. The first-order valence-corrected chi connectivity index (χ1v) is 7.20. The van der Waals surface area contributed by atoms with E-state index in [-0.39, 0.29) is 24.3 Å². The van der Waals surface area contributed by atoms with Crippen LogP contribution in [0.5, 0.6) is 0 Å². The van der Waals surface area contributed by atoms with Crippen LogP contribution in [0.15, 0.2) is 28.7 Å². The standard InChI is InChI=1S/C14H17BrN2O2/c15-11-6-2-1-5-10(11)13(18)9-17-8-4-3-7-12(17)14(16)19/h1-2,5-6,12H,3-4,7-9H2,(H2,16,19). The summed E-state index contributed by atoms with van der Waals surface area (Å²) in [6, 6.07) is 7.03. The molecule has 2 N–H and O–H groups in total. The van der Waals surface area contributed by atoms with Crippen molar-refractivity contribution < 1.29 is 9.59 Å². The topological polar surface area (TPSA) is 63.4 Å². The minimum Gasteiger partial charge on any atom is -0.368 e. The predicted octanol–water partition coefficient (Wildman–Crippen LogP) is 1.97. The second-order valence-electron chi connectivity index (χ2n) is 4.79. The summed E-state index contributed by atoms with van der Waals surface area (Å²) in [6.07, 6.45) is 2.75. The van der Waals surface area contributed by atoms with Crippen molar-refractivity contribution in [1.82, 2.24) is 4.90 Å². The predicted molar refractivity (Wildman–Crippen MR) is 76.9 cm³/mol. The summed E-state index contributed by atoms with van der Waals surface area (Å²) in [7, 11) is 0. The van der Waals surface area contributed by atoms with Crippen LogP contribution in [0.2, 0.25) is 0 Å². The first-order valence-electron chi connectivity index (χ1n) is 6.40. The molecule has 1 unspecified atom stereocenters. The van der Waals surface area contributed by atoms with Crippen molar-refractivity contribution in [1.29, 1.82) is 0 Å². The summed E-state index contributed by atoms with van der Waals surface area (Å²) < 4.78 is 0.785. The Balaban J connectivity index is 2.09. The van der Waals surface area contributed by atoms with Gasteiger partial charge in [-0.15, -0.1) is 0 Å². The van der Waals surface area contributed by atoms with Crippen molar-refractivity contribution in [2.45, 2.75) is 25.3 Å². The number of hydrogen-bond donors (Lipinski definition) is 1. The second-order valence-corrected chi connectivity index (χ2v) is 5.64. The van der Waals surface area contributed by atoms with Gasteiger partial charge in [-0.05, 0) is 25.5 Å². The number of halogens is 1. The molecule has 0 radical (unpaired) electrons. The summed E-state index contributed by atoms with van der Waals surface area (Å²) in [4.78, 5) is 25.6. The van der Waals surface area contributed by atoms with Crippen LogP contribution in [0, 0.1) is 0 Å². The normalized spacial score (nSPS) is 20.2. The van der Waals surface area contributed by atoms with E-state index in [1.165, 1.54) is 0 Å². The van der Waals surface area contributed by atoms with Crippen molar-refractivity contribution in [3.63, 3.8) is 0 Å². The van der Waals surface area contributed by atoms with E-state index < -0.39 is 0 Å². The molecule has 0 aliphatic carbocycles. The highest BCUT2D eigenvalue weighted by atomic mass is 79.9. The molecule has 4 nitrogen and oxygen atoms in total. The summed E-state index contributed by atoms with van der Waals surface area (Å²) in [5.74, 6) is -0.319. The van der Waals surface area contributed by atoms with E-state index in [1.54, 1.807) is 6.07 Å². The van der Waals surface area contributed by atoms with Crippen LogP contribution in [-0.4, -0.2) is 35.7 Å². The molecule has 0 bridgehead atoms. The molecular formula is C14H17BrN2O2. The SMILES string of the molecule is NC(=O)C1CCCCN1CC(=O)c1ccccc1Br. The Morgan fingerprint density at radius 2 is 2.05 bits per heavy atom. The fraction of sp³-hybridized carbons (Fsp3) is 0.429. The van der Waals surface area contributed by atoms with E-state index in [0.717, 1.165) is 30.3 Å². The lowest BCUT2D eigenvalue weighted by molar-refractivity contribution is -0.124. The molecule has 102 valence electrons. The number of benzene rings is 1. The van der Waals surface area contributed by atoms with E-state index >= 15 is 0 Å². The highest BCUT2D eigenvalue weighted by Crippen LogP contribution is 2.20. The molecule has 19 heavy (non-hydrogen) atoms. The zero-order valence-electron chi connectivity index (χ0n) is 10.6. The molecule has 0 aromatic heterocycles. The molecule has 1 aliphatic heterocycles. The summed E-state index contributed by atoms with van der Waals surface area (Å²) in [5.41, 5.74) is 6.05. The third kappa shape index (κ3) is 3.42. The lowest BCUT2D eigenvalue weighted by Crippen LogP contribution is -2.49. The smallest absolute Gasteiger partial charge is 0.234 e. The van der Waals surface area contributed by atoms with E-state index in [0.29, 0.717) is 5.56 Å². The molecular weight excluding hydrogens is 308 g/mol. The molecule has 0 saturated carbocycles. The quantitative estimate of drug-likeness (QED) is 0.861. The number of hydrogen-bond acceptors (Lipinski definition) is 3. The van der Waals surface area contributed by atoms with Gasteiger partial charge >= 0.3 is 0 Å². The number of likely N-dealkylation sites (tertiary alicyclic amines) is 1. The number of ketones is 1. The maximum Gasteiger partial charge on any atom is 0.234 e. The zero-order chi connectivity index (χ0) is 13.8. The van der Waals surface area contributed by atoms with Crippen LogP contribution >= 0.6 is 15.9 Å². The van der Waals surface area contributed by atoms with Gasteiger partial charge in [0.15, 0.2) is 5.78 Å². The minimum atomic E-state index is -0.334. The van der Waals surface area contributed by atoms with Gasteiger partial charge in [0.25, 0.3) is 0 Å². The maximum atomic E-state index is 12.3. The molecule has 1 aliphatic rings. The molecule has 1 saturated heterocycles. The van der Waals surface area contributed by atoms with Gasteiger partial charge in [-0.25, -0.2) is 0 Å². The Bertz CT molecular complexity index is 490. The van der Waals surface area contributed by atoms with Gasteiger partial charge in [-0.3, -0.25) is 14.5 Å². The van der Waals surface area contributed by atoms with Crippen LogP contribution in [0.25, 0.3) is 0 Å². The number of amides is 1. The maximum absolute atomic E-state index is 12.3. The third-order valence-corrected chi connectivity index (χ3v) is 4.15. The van der Waals surface area contributed by atoms with Crippen molar-refractivity contribution in [2.75, 3.05) is 13.1 Å². The Morgan fingerprint density at radius 3 is 2.74 bits per heavy atom. The van der Waals surface area contributed by atoms with Gasteiger partial charge < -0.3 is 5.73 Å². The van der Waals surface area contributed by atoms with Crippen LogP contribution in [-0.2, 0) is 4.79 Å². The van der Waals surface area contributed by atoms with Crippen LogP contribution in [0.4, 0.5) is 0 Å². The van der Waals surface area contributed by atoms with Gasteiger partial charge in [0.2, 0.25) is 5.91 Å². The van der Waals surface area contributed by atoms with E-state index in [9.17, 15) is 9.59 Å². The van der Waals surface area contributed by atoms with Gasteiger partial charge in [0.05, 0.1) is 12.6 Å². The number of rotatable bonds is 4. The third-order valence-electron chi connectivity index (χ3n) is 3.46. The Kier molecular flexibility index (Phi) is 4.71. The first-order chi connectivity index (χ1) is 9.09. The lowest BCUT2D eigenvalue weighted by Gasteiger charge is -2.32. The second kappa shape index (κ2) is 6.30. The van der Waals surface area contributed by atoms with E-state index in [1.807, 2.05) is 23.1 Å². The van der Waals surface area contributed by atoms with Crippen LogP contribution in [0.3, 0.4) is 0 Å². The average molecular weight is 325 g/mol. The van der Waals surface area contributed by atoms with Gasteiger partial charge in [0.1, 0.15) is 0 Å². The van der Waals surface area contributed by atoms with Crippen LogP contribution < -0.4 is 5.73 Å². The number of nitrogens with zero attached hydrogens (tertiary/aromatic N) is 1. The molecule has 5 heteroatoms. The average Bonchev–Trinajstić information content (AvgIpc) is 2.39. The molecule has 1 fully saturated rings.